The zero-order chi connectivity index (χ0) is 21.0. The molecule has 1 N–H and O–H groups in total. The number of amides is 4. The van der Waals surface area contributed by atoms with E-state index in [1.54, 1.807) is 7.05 Å². The van der Waals surface area contributed by atoms with Crippen LogP contribution >= 0.6 is 11.3 Å². The van der Waals surface area contributed by atoms with Crippen LogP contribution in [0.15, 0.2) is 24.3 Å². The molecule has 1 atom stereocenters. The monoisotopic (exact) mass is 418 g/mol. The molecule has 10 heteroatoms. The molecule has 0 bridgehead atoms. The molecule has 0 unspecified atom stereocenters. The Hall–Kier alpha value is -3.01. The van der Waals surface area contributed by atoms with Crippen LogP contribution in [0.3, 0.4) is 0 Å². The summed E-state index contributed by atoms with van der Waals surface area (Å²) >= 11 is 1.52. The predicted octanol–water partition coefficient (Wildman–Crippen LogP) is 1.69. The zero-order valence-electron chi connectivity index (χ0n) is 16.2. The Labute approximate surface area is 171 Å². The van der Waals surface area contributed by atoms with Crippen molar-refractivity contribution in [1.29, 1.82) is 0 Å². The van der Waals surface area contributed by atoms with E-state index in [9.17, 15) is 19.2 Å². The van der Waals surface area contributed by atoms with Gasteiger partial charge in [0.25, 0.3) is 5.91 Å². The second-order valence-electron chi connectivity index (χ2n) is 6.67. The Balaban J connectivity index is 1.43. The summed E-state index contributed by atoms with van der Waals surface area (Å²) in [5.41, 5.74) is 0.886. The van der Waals surface area contributed by atoms with Crippen LogP contribution in [-0.4, -0.2) is 65.3 Å². The normalized spacial score (nSPS) is 14.8. The molecule has 1 aliphatic rings. The van der Waals surface area contributed by atoms with E-state index < -0.39 is 12.0 Å². The molecule has 154 valence electrons. The number of fused-ring (bicyclic) bond motifs is 1. The maximum absolute atomic E-state index is 12.4. The Kier molecular flexibility index (Phi) is 6.42. The van der Waals surface area contributed by atoms with Crippen molar-refractivity contribution in [3.05, 3.63) is 29.3 Å². The van der Waals surface area contributed by atoms with Gasteiger partial charge >= 0.3 is 12.0 Å². The molecule has 3 rings (SSSR count). The second-order valence-corrected chi connectivity index (χ2v) is 7.73. The number of aromatic nitrogens is 1. The fourth-order valence-corrected chi connectivity index (χ4v) is 3.89. The van der Waals surface area contributed by atoms with E-state index in [4.69, 9.17) is 4.74 Å². The van der Waals surface area contributed by atoms with Crippen molar-refractivity contribution in [3.8, 4) is 0 Å². The number of nitrogens with one attached hydrogen (secondary N) is 1. The van der Waals surface area contributed by atoms with Gasteiger partial charge in [0.05, 0.1) is 22.8 Å². The van der Waals surface area contributed by atoms with Gasteiger partial charge in [-0.15, -0.1) is 11.3 Å². The van der Waals surface area contributed by atoms with Gasteiger partial charge in [-0.1, -0.05) is 12.1 Å². The van der Waals surface area contributed by atoms with Crippen LogP contribution in [-0.2, 0) is 19.1 Å². The van der Waals surface area contributed by atoms with Crippen molar-refractivity contribution in [1.82, 2.24) is 20.1 Å². The number of benzene rings is 1. The van der Waals surface area contributed by atoms with Crippen molar-refractivity contribution < 1.29 is 23.9 Å². The number of urea groups is 1. The lowest BCUT2D eigenvalue weighted by molar-refractivity contribution is -0.152. The van der Waals surface area contributed by atoms with Crippen LogP contribution in [0.1, 0.15) is 30.8 Å². The molecule has 0 saturated carbocycles. The van der Waals surface area contributed by atoms with E-state index in [1.165, 1.54) is 16.2 Å². The number of nitrogens with zero attached hydrogens (tertiary/aromatic N) is 3. The largest absolute Gasteiger partial charge is 0.456 e. The highest BCUT2D eigenvalue weighted by molar-refractivity contribution is 7.18. The third-order valence-corrected chi connectivity index (χ3v) is 5.91. The number of ether oxygens (including phenoxy) is 1. The van der Waals surface area contributed by atoms with Gasteiger partial charge in [-0.2, -0.15) is 0 Å². The summed E-state index contributed by atoms with van der Waals surface area (Å²) < 4.78 is 6.09. The average molecular weight is 418 g/mol. The van der Waals surface area contributed by atoms with Gasteiger partial charge in [-0.25, -0.2) is 9.78 Å². The number of para-hydroxylation sites is 1. The van der Waals surface area contributed by atoms with Gasteiger partial charge < -0.3 is 15.0 Å². The Morgan fingerprint density at radius 3 is 2.79 bits per heavy atom. The molecule has 4 amide bonds. The average Bonchev–Trinajstić information content (AvgIpc) is 3.29. The smallest absolute Gasteiger partial charge is 0.324 e. The lowest BCUT2D eigenvalue weighted by atomic mass is 10.3. The number of thiazole rings is 1. The Bertz CT molecular complexity index is 895. The van der Waals surface area contributed by atoms with Crippen molar-refractivity contribution in [2.75, 3.05) is 26.7 Å². The SMILES string of the molecule is C[C@H](c1nc2ccccc2s1)N(C)C(=O)COC(=O)CCCN1C(=O)CNC1=O. The molecule has 1 aromatic carbocycles. The molecule has 29 heavy (non-hydrogen) atoms. The number of carbonyl (C=O) groups excluding carboxylic acids is 4. The summed E-state index contributed by atoms with van der Waals surface area (Å²) in [6.07, 6.45) is 0.297. The third kappa shape index (κ3) is 4.89. The summed E-state index contributed by atoms with van der Waals surface area (Å²) in [4.78, 5) is 54.2. The molecule has 1 fully saturated rings. The van der Waals surface area contributed by atoms with Crippen LogP contribution in [0.2, 0.25) is 0 Å². The van der Waals surface area contributed by atoms with Crippen LogP contribution < -0.4 is 5.32 Å². The zero-order valence-corrected chi connectivity index (χ0v) is 17.0. The highest BCUT2D eigenvalue weighted by atomic mass is 32.1. The van der Waals surface area contributed by atoms with E-state index >= 15 is 0 Å². The minimum Gasteiger partial charge on any atom is -0.456 e. The number of hydrogen-bond acceptors (Lipinski definition) is 7. The molecule has 0 spiro atoms. The van der Waals surface area contributed by atoms with E-state index in [2.05, 4.69) is 10.3 Å². The highest BCUT2D eigenvalue weighted by Crippen LogP contribution is 2.28. The quantitative estimate of drug-likeness (QED) is 0.516. The van der Waals surface area contributed by atoms with Gasteiger partial charge in [0.15, 0.2) is 6.61 Å². The summed E-state index contributed by atoms with van der Waals surface area (Å²) in [7, 11) is 1.64. The van der Waals surface area contributed by atoms with Crippen LogP contribution in [0, 0.1) is 0 Å². The van der Waals surface area contributed by atoms with E-state index in [0.717, 1.165) is 20.1 Å². The van der Waals surface area contributed by atoms with E-state index in [1.807, 2.05) is 31.2 Å². The molecule has 9 nitrogen and oxygen atoms in total. The fraction of sp³-hybridized carbons (Fsp3) is 0.421. The molecule has 2 aromatic rings. The lowest BCUT2D eigenvalue weighted by Gasteiger charge is -2.23. The molecular weight excluding hydrogens is 396 g/mol. The Morgan fingerprint density at radius 2 is 2.10 bits per heavy atom. The van der Waals surface area contributed by atoms with E-state index in [-0.39, 0.29) is 50.4 Å². The summed E-state index contributed by atoms with van der Waals surface area (Å²) in [6, 6.07) is 7.05. The molecule has 1 saturated heterocycles. The first-order valence-corrected chi connectivity index (χ1v) is 10.0. The second kappa shape index (κ2) is 8.99. The molecular formula is C19H22N4O5S. The molecule has 0 radical (unpaired) electrons. The van der Waals surface area contributed by atoms with Crippen molar-refractivity contribution >= 4 is 45.4 Å². The maximum atomic E-state index is 12.4. The lowest BCUT2D eigenvalue weighted by Crippen LogP contribution is -2.34. The van der Waals surface area contributed by atoms with Crippen LogP contribution in [0.5, 0.6) is 0 Å². The number of rotatable bonds is 8. The first-order valence-electron chi connectivity index (χ1n) is 9.21. The molecule has 1 aromatic heterocycles. The fourth-order valence-electron chi connectivity index (χ4n) is 2.83. The van der Waals surface area contributed by atoms with Gasteiger partial charge in [0.2, 0.25) is 5.91 Å². The van der Waals surface area contributed by atoms with Crippen molar-refractivity contribution in [2.45, 2.75) is 25.8 Å². The maximum Gasteiger partial charge on any atom is 0.324 e. The number of hydrogen-bond donors (Lipinski definition) is 1. The van der Waals surface area contributed by atoms with Crippen LogP contribution in [0.25, 0.3) is 10.2 Å². The third-order valence-electron chi connectivity index (χ3n) is 4.70. The van der Waals surface area contributed by atoms with Gasteiger partial charge in [0.1, 0.15) is 5.01 Å². The standard InChI is InChI=1S/C19H22N4O5S/c1-12(18-21-13-6-3-4-7-14(13)29-18)22(2)16(25)11-28-17(26)8-5-9-23-15(24)10-20-19(23)27/h3-4,6-7,12H,5,8-11H2,1-2H3,(H,20,27)/t12-/m1/s1. The molecule has 0 aliphatic carbocycles. The summed E-state index contributed by atoms with van der Waals surface area (Å²) in [5.74, 6) is -1.20. The minimum absolute atomic E-state index is 0.0154. The number of likely N-dealkylation sites (N-methyl/N-ethyl adjacent to an activating group) is 1. The molecule has 2 heterocycles. The first-order chi connectivity index (χ1) is 13.9. The minimum atomic E-state index is -0.550. The van der Waals surface area contributed by atoms with Crippen LogP contribution in [0.4, 0.5) is 4.79 Å². The van der Waals surface area contributed by atoms with E-state index in [0.29, 0.717) is 0 Å². The molecule has 1 aliphatic heterocycles. The summed E-state index contributed by atoms with van der Waals surface area (Å²) in [6.45, 7) is 1.63. The summed E-state index contributed by atoms with van der Waals surface area (Å²) in [5, 5.41) is 3.22. The van der Waals surface area contributed by atoms with Gasteiger partial charge in [-0.05, 0) is 25.5 Å². The first kappa shape index (κ1) is 20.7. The van der Waals surface area contributed by atoms with Crippen molar-refractivity contribution in [2.24, 2.45) is 0 Å². The predicted molar refractivity (Wildman–Crippen MR) is 106 cm³/mol. The number of esters is 1. The Morgan fingerprint density at radius 1 is 1.34 bits per heavy atom. The highest BCUT2D eigenvalue weighted by Gasteiger charge is 2.28. The van der Waals surface area contributed by atoms with Crippen molar-refractivity contribution in [3.63, 3.8) is 0 Å². The topological polar surface area (TPSA) is 109 Å². The number of imide groups is 1. The van der Waals surface area contributed by atoms with Gasteiger partial charge in [0, 0.05) is 20.0 Å². The number of carbonyl (C=O) groups is 4. The van der Waals surface area contributed by atoms with Gasteiger partial charge in [-0.3, -0.25) is 19.3 Å².